The third-order valence-corrected chi connectivity index (χ3v) is 3.36. The van der Waals surface area contributed by atoms with Gasteiger partial charge in [0.15, 0.2) is 5.65 Å². The van der Waals surface area contributed by atoms with Gasteiger partial charge >= 0.3 is 6.18 Å². The highest BCUT2D eigenvalue weighted by Crippen LogP contribution is 2.32. The van der Waals surface area contributed by atoms with E-state index in [1.54, 1.807) is 0 Å². The Balaban J connectivity index is 2.20. The number of nitrogens with one attached hydrogen (secondary N) is 1. The lowest BCUT2D eigenvalue weighted by Crippen LogP contribution is -2.26. The second-order valence-corrected chi connectivity index (χ2v) is 5.33. The maximum absolute atomic E-state index is 12.7. The summed E-state index contributed by atoms with van der Waals surface area (Å²) in [7, 11) is 0. The van der Waals surface area contributed by atoms with Crippen LogP contribution in [0.25, 0.3) is 5.65 Å². The van der Waals surface area contributed by atoms with Gasteiger partial charge in [-0.15, -0.1) is 0 Å². The number of halogens is 4. The van der Waals surface area contributed by atoms with Crippen LogP contribution in [0.4, 0.5) is 13.2 Å². The van der Waals surface area contributed by atoms with Crippen LogP contribution in [-0.4, -0.2) is 21.8 Å². The first kappa shape index (κ1) is 16.6. The van der Waals surface area contributed by atoms with Crippen molar-refractivity contribution in [2.75, 3.05) is 6.54 Å². The van der Waals surface area contributed by atoms with E-state index in [0.29, 0.717) is 12.2 Å². The lowest BCUT2D eigenvalue weighted by atomic mass is 10.3. The average Bonchev–Trinajstić information content (AvgIpc) is 2.81. The van der Waals surface area contributed by atoms with Crippen molar-refractivity contribution in [3.63, 3.8) is 0 Å². The Labute approximate surface area is 130 Å². The molecule has 0 fully saturated rings. The van der Waals surface area contributed by atoms with Gasteiger partial charge in [0.05, 0.1) is 22.7 Å². The summed E-state index contributed by atoms with van der Waals surface area (Å²) in [6.45, 7) is 2.58. The van der Waals surface area contributed by atoms with Gasteiger partial charge in [0.2, 0.25) is 5.91 Å². The van der Waals surface area contributed by atoms with E-state index in [4.69, 9.17) is 11.6 Å². The zero-order valence-corrected chi connectivity index (χ0v) is 12.6. The molecule has 0 aliphatic carbocycles. The Hall–Kier alpha value is -1.76. The fourth-order valence-corrected chi connectivity index (χ4v) is 2.24. The Kier molecular flexibility index (Phi) is 4.95. The van der Waals surface area contributed by atoms with Gasteiger partial charge in [-0.1, -0.05) is 24.9 Å². The molecule has 0 unspecified atom stereocenters. The lowest BCUT2D eigenvalue weighted by Gasteiger charge is -2.07. The summed E-state index contributed by atoms with van der Waals surface area (Å²) in [5.74, 6) is -0.218. The molecule has 0 aliphatic rings. The van der Waals surface area contributed by atoms with Crippen molar-refractivity contribution in [2.24, 2.45) is 0 Å². The molecule has 2 aromatic heterocycles. The summed E-state index contributed by atoms with van der Waals surface area (Å²) in [6, 6.07) is 0.828. The van der Waals surface area contributed by atoms with Gasteiger partial charge < -0.3 is 9.72 Å². The number of hydrogen-bond acceptors (Lipinski definition) is 2. The maximum Gasteiger partial charge on any atom is 0.417 e. The number of pyridine rings is 1. The SMILES string of the molecule is CCCCNC(=O)Cc1cn2cc(C(F)(F)F)cc(Cl)c2n1. The van der Waals surface area contributed by atoms with E-state index < -0.39 is 11.7 Å². The number of hydrogen-bond donors (Lipinski definition) is 1. The Morgan fingerprint density at radius 2 is 2.14 bits per heavy atom. The van der Waals surface area contributed by atoms with Crippen molar-refractivity contribution < 1.29 is 18.0 Å². The molecule has 0 saturated heterocycles. The molecule has 4 nitrogen and oxygen atoms in total. The molecular weight excluding hydrogens is 319 g/mol. The van der Waals surface area contributed by atoms with E-state index in [-0.39, 0.29) is 23.0 Å². The number of unbranched alkanes of at least 4 members (excludes halogenated alkanes) is 1. The second-order valence-electron chi connectivity index (χ2n) is 4.92. The van der Waals surface area contributed by atoms with Crippen molar-refractivity contribution in [2.45, 2.75) is 32.4 Å². The molecule has 0 bridgehead atoms. The molecule has 1 amide bonds. The quantitative estimate of drug-likeness (QED) is 0.852. The van der Waals surface area contributed by atoms with Gasteiger partial charge in [-0.3, -0.25) is 4.79 Å². The van der Waals surface area contributed by atoms with Gasteiger partial charge in [-0.2, -0.15) is 13.2 Å². The minimum absolute atomic E-state index is 0.00305. The summed E-state index contributed by atoms with van der Waals surface area (Å²) in [6.07, 6.45) is -0.354. The second kappa shape index (κ2) is 6.56. The molecule has 0 saturated carbocycles. The van der Waals surface area contributed by atoms with Crippen LogP contribution in [0.5, 0.6) is 0 Å². The molecule has 2 aromatic rings. The Morgan fingerprint density at radius 1 is 1.41 bits per heavy atom. The zero-order valence-electron chi connectivity index (χ0n) is 11.9. The number of amides is 1. The topological polar surface area (TPSA) is 46.4 Å². The smallest absolute Gasteiger partial charge is 0.356 e. The number of alkyl halides is 3. The fraction of sp³-hybridized carbons (Fsp3) is 0.429. The molecular formula is C14H15ClF3N3O. The molecule has 0 aromatic carbocycles. The third kappa shape index (κ3) is 3.91. The molecule has 0 radical (unpaired) electrons. The summed E-state index contributed by atoms with van der Waals surface area (Å²) in [5.41, 5.74) is -0.289. The molecule has 0 atom stereocenters. The highest BCUT2D eigenvalue weighted by atomic mass is 35.5. The number of carbonyl (C=O) groups is 1. The molecule has 0 aliphatic heterocycles. The molecule has 2 heterocycles. The van der Waals surface area contributed by atoms with E-state index in [2.05, 4.69) is 10.3 Å². The maximum atomic E-state index is 12.7. The standard InChI is InChI=1S/C14H15ClF3N3O/c1-2-3-4-19-12(22)6-10-8-21-7-9(14(16,17)18)5-11(15)13(21)20-10/h5,7-8H,2-4,6H2,1H3,(H,19,22). The van der Waals surface area contributed by atoms with Gasteiger partial charge in [-0.05, 0) is 12.5 Å². The minimum atomic E-state index is -4.49. The van der Waals surface area contributed by atoms with Crippen molar-refractivity contribution in [1.82, 2.24) is 14.7 Å². The van der Waals surface area contributed by atoms with Crippen LogP contribution in [0.1, 0.15) is 31.0 Å². The zero-order chi connectivity index (χ0) is 16.3. The number of imidazole rings is 1. The number of aromatic nitrogens is 2. The van der Waals surface area contributed by atoms with E-state index in [0.717, 1.165) is 25.1 Å². The predicted molar refractivity (Wildman–Crippen MR) is 76.8 cm³/mol. The van der Waals surface area contributed by atoms with Crippen LogP contribution in [-0.2, 0) is 17.4 Å². The van der Waals surface area contributed by atoms with Crippen LogP contribution in [0.2, 0.25) is 5.02 Å². The van der Waals surface area contributed by atoms with Gasteiger partial charge in [0.1, 0.15) is 0 Å². The molecule has 1 N–H and O–H groups in total. The Morgan fingerprint density at radius 3 is 2.77 bits per heavy atom. The number of fused-ring (bicyclic) bond motifs is 1. The summed E-state index contributed by atoms with van der Waals surface area (Å²) in [5, 5.41) is 2.62. The molecule has 2 rings (SSSR count). The number of carbonyl (C=O) groups excluding carboxylic acids is 1. The predicted octanol–water partition coefficient (Wildman–Crippen LogP) is 3.47. The summed E-state index contributed by atoms with van der Waals surface area (Å²) >= 11 is 5.84. The molecule has 0 spiro atoms. The van der Waals surface area contributed by atoms with Gasteiger partial charge in [0, 0.05) is 18.9 Å². The third-order valence-electron chi connectivity index (χ3n) is 3.08. The first-order valence-corrected chi connectivity index (χ1v) is 7.20. The van der Waals surface area contributed by atoms with E-state index in [9.17, 15) is 18.0 Å². The first-order chi connectivity index (χ1) is 10.3. The normalized spacial score (nSPS) is 11.9. The number of nitrogens with zero attached hydrogens (tertiary/aromatic N) is 2. The average molecular weight is 334 g/mol. The van der Waals surface area contributed by atoms with Crippen molar-refractivity contribution in [3.05, 3.63) is 34.7 Å². The first-order valence-electron chi connectivity index (χ1n) is 6.82. The van der Waals surface area contributed by atoms with E-state index in [1.165, 1.54) is 10.6 Å². The van der Waals surface area contributed by atoms with Gasteiger partial charge in [-0.25, -0.2) is 4.98 Å². The summed E-state index contributed by atoms with van der Waals surface area (Å²) in [4.78, 5) is 15.8. The van der Waals surface area contributed by atoms with Gasteiger partial charge in [0.25, 0.3) is 0 Å². The highest BCUT2D eigenvalue weighted by Gasteiger charge is 2.31. The summed E-state index contributed by atoms with van der Waals surface area (Å²) < 4.78 is 39.4. The highest BCUT2D eigenvalue weighted by molar-refractivity contribution is 6.33. The van der Waals surface area contributed by atoms with Crippen molar-refractivity contribution in [1.29, 1.82) is 0 Å². The fourth-order valence-electron chi connectivity index (χ4n) is 1.98. The van der Waals surface area contributed by atoms with Crippen LogP contribution in [0.15, 0.2) is 18.5 Å². The lowest BCUT2D eigenvalue weighted by molar-refractivity contribution is -0.137. The molecule has 8 heteroatoms. The van der Waals surface area contributed by atoms with Crippen LogP contribution >= 0.6 is 11.6 Å². The largest absolute Gasteiger partial charge is 0.417 e. The van der Waals surface area contributed by atoms with Crippen LogP contribution in [0.3, 0.4) is 0 Å². The van der Waals surface area contributed by atoms with Crippen molar-refractivity contribution in [3.8, 4) is 0 Å². The number of rotatable bonds is 5. The van der Waals surface area contributed by atoms with Crippen LogP contribution in [0, 0.1) is 0 Å². The van der Waals surface area contributed by atoms with Crippen LogP contribution < -0.4 is 5.32 Å². The molecule has 120 valence electrons. The van der Waals surface area contributed by atoms with Crippen molar-refractivity contribution >= 4 is 23.2 Å². The van der Waals surface area contributed by atoms with E-state index >= 15 is 0 Å². The monoisotopic (exact) mass is 333 g/mol. The van der Waals surface area contributed by atoms with E-state index in [1.807, 2.05) is 6.92 Å². The molecule has 22 heavy (non-hydrogen) atoms. The minimum Gasteiger partial charge on any atom is -0.356 e. The Bertz CT molecular complexity index is 682.